The molecule has 1 aliphatic rings. The molecule has 1 aromatic carbocycles. The first-order valence-electron chi connectivity index (χ1n) is 7.56. The van der Waals surface area contributed by atoms with E-state index in [4.69, 9.17) is 16.3 Å². The third-order valence-electron chi connectivity index (χ3n) is 3.94. The zero-order valence-corrected chi connectivity index (χ0v) is 13.4. The minimum Gasteiger partial charge on any atom is -0.492 e. The van der Waals surface area contributed by atoms with E-state index >= 15 is 0 Å². The number of hydrogen-bond donors (Lipinski definition) is 2. The molecule has 5 heteroatoms. The van der Waals surface area contributed by atoms with E-state index in [1.54, 1.807) is 18.2 Å². The lowest BCUT2D eigenvalue weighted by molar-refractivity contribution is -0.125. The third kappa shape index (κ3) is 3.69. The van der Waals surface area contributed by atoms with E-state index in [0.717, 1.165) is 32.4 Å². The van der Waals surface area contributed by atoms with Crippen molar-refractivity contribution in [1.29, 1.82) is 0 Å². The predicted octanol–water partition coefficient (Wildman–Crippen LogP) is 3.46. The van der Waals surface area contributed by atoms with Crippen LogP contribution in [-0.4, -0.2) is 25.6 Å². The lowest BCUT2D eigenvalue weighted by atomic mass is 9.81. The first-order chi connectivity index (χ1) is 10.1. The van der Waals surface area contributed by atoms with Gasteiger partial charge in [-0.15, -0.1) is 0 Å². The summed E-state index contributed by atoms with van der Waals surface area (Å²) in [5.41, 5.74) is 0.331. The molecule has 2 N–H and O–H groups in total. The van der Waals surface area contributed by atoms with Gasteiger partial charge >= 0.3 is 0 Å². The molecule has 1 heterocycles. The molecule has 0 radical (unpaired) electrons. The summed E-state index contributed by atoms with van der Waals surface area (Å²) in [4.78, 5) is 12.7. The maximum Gasteiger partial charge on any atom is 0.232 e. The van der Waals surface area contributed by atoms with Crippen LogP contribution in [-0.2, 0) is 4.79 Å². The predicted molar refractivity (Wildman–Crippen MR) is 86.1 cm³/mol. The number of hydrogen-bond acceptors (Lipinski definition) is 3. The number of benzene rings is 1. The van der Waals surface area contributed by atoms with Crippen molar-refractivity contribution >= 4 is 23.2 Å². The maximum atomic E-state index is 12.7. The maximum absolute atomic E-state index is 12.7. The zero-order valence-electron chi connectivity index (χ0n) is 12.7. The molecule has 1 aromatic rings. The van der Waals surface area contributed by atoms with Crippen LogP contribution >= 0.6 is 11.6 Å². The smallest absolute Gasteiger partial charge is 0.232 e. The summed E-state index contributed by atoms with van der Waals surface area (Å²) in [6, 6.07) is 5.30. The quantitative estimate of drug-likeness (QED) is 0.846. The first kappa shape index (κ1) is 16.1. The summed E-state index contributed by atoms with van der Waals surface area (Å²) >= 11 is 6.04. The minimum absolute atomic E-state index is 0.0533. The van der Waals surface area contributed by atoms with E-state index in [0.29, 0.717) is 23.1 Å². The molecule has 116 valence electrons. The Morgan fingerprint density at radius 3 is 2.90 bits per heavy atom. The standard InChI is InChI=1S/C16H23ClN2O2/c1-3-7-16(8-9-18-11-16)15(20)19-13-10-12(17)5-6-14(13)21-4-2/h5-6,10,18H,3-4,7-9,11H2,1-2H3,(H,19,20). The van der Waals surface area contributed by atoms with Gasteiger partial charge in [0, 0.05) is 11.6 Å². The summed E-state index contributed by atoms with van der Waals surface area (Å²) in [6.45, 7) is 6.20. The zero-order chi connectivity index (χ0) is 15.3. The number of amides is 1. The molecule has 0 spiro atoms. The Hall–Kier alpha value is -1.26. The molecule has 0 aliphatic carbocycles. The molecule has 1 atom stereocenters. The molecule has 0 saturated carbocycles. The fraction of sp³-hybridized carbons (Fsp3) is 0.562. The summed E-state index contributed by atoms with van der Waals surface area (Å²) in [6.07, 6.45) is 2.75. The van der Waals surface area contributed by atoms with E-state index < -0.39 is 0 Å². The molecule has 0 aromatic heterocycles. The van der Waals surface area contributed by atoms with E-state index in [2.05, 4.69) is 17.6 Å². The van der Waals surface area contributed by atoms with Crippen molar-refractivity contribution in [2.24, 2.45) is 5.41 Å². The molecular weight excluding hydrogens is 288 g/mol. The van der Waals surface area contributed by atoms with Crippen LogP contribution in [0.3, 0.4) is 0 Å². The molecule has 4 nitrogen and oxygen atoms in total. The second-order valence-electron chi connectivity index (χ2n) is 5.48. The average Bonchev–Trinajstić information content (AvgIpc) is 2.92. The number of rotatable bonds is 6. The molecule has 21 heavy (non-hydrogen) atoms. The van der Waals surface area contributed by atoms with Crippen molar-refractivity contribution < 1.29 is 9.53 Å². The Morgan fingerprint density at radius 1 is 1.48 bits per heavy atom. The molecule has 2 rings (SSSR count). The molecule has 1 aliphatic heterocycles. The van der Waals surface area contributed by atoms with Gasteiger partial charge in [0.15, 0.2) is 0 Å². The Balaban J connectivity index is 2.20. The summed E-state index contributed by atoms with van der Waals surface area (Å²) in [5, 5.41) is 6.90. The van der Waals surface area contributed by atoms with Gasteiger partial charge in [0.1, 0.15) is 5.75 Å². The highest BCUT2D eigenvalue weighted by molar-refractivity contribution is 6.31. The number of ether oxygens (including phenoxy) is 1. The first-order valence-corrected chi connectivity index (χ1v) is 7.93. The van der Waals surface area contributed by atoms with E-state index in [1.807, 2.05) is 6.92 Å². The number of carbonyl (C=O) groups excluding carboxylic acids is 1. The van der Waals surface area contributed by atoms with Crippen LogP contribution in [0.2, 0.25) is 5.02 Å². The average molecular weight is 311 g/mol. The second kappa shape index (κ2) is 7.14. The van der Waals surface area contributed by atoms with Gasteiger partial charge in [0.25, 0.3) is 0 Å². The number of nitrogens with one attached hydrogen (secondary N) is 2. The summed E-state index contributed by atoms with van der Waals surface area (Å²) < 4.78 is 5.56. The monoisotopic (exact) mass is 310 g/mol. The van der Waals surface area contributed by atoms with Gasteiger partial charge in [-0.2, -0.15) is 0 Å². The SMILES string of the molecule is CCCC1(C(=O)Nc2cc(Cl)ccc2OCC)CCNC1. The molecule has 0 bridgehead atoms. The highest BCUT2D eigenvalue weighted by Crippen LogP contribution is 2.35. The van der Waals surface area contributed by atoms with E-state index in [9.17, 15) is 4.79 Å². The fourth-order valence-electron chi connectivity index (χ4n) is 2.88. The number of halogens is 1. The van der Waals surface area contributed by atoms with Crippen LogP contribution in [0.25, 0.3) is 0 Å². The van der Waals surface area contributed by atoms with Gasteiger partial charge in [-0.25, -0.2) is 0 Å². The Labute approximate surface area is 131 Å². The Bertz CT molecular complexity index is 499. The van der Waals surface area contributed by atoms with Gasteiger partial charge in [0.05, 0.1) is 17.7 Å². The van der Waals surface area contributed by atoms with Crippen molar-refractivity contribution in [3.63, 3.8) is 0 Å². The molecule has 1 amide bonds. The number of carbonyl (C=O) groups is 1. The van der Waals surface area contributed by atoms with Crippen LogP contribution in [0.1, 0.15) is 33.1 Å². The van der Waals surface area contributed by atoms with Crippen LogP contribution in [0.15, 0.2) is 18.2 Å². The lowest BCUT2D eigenvalue weighted by Crippen LogP contribution is -2.38. The highest BCUT2D eigenvalue weighted by atomic mass is 35.5. The molecule has 1 saturated heterocycles. The van der Waals surface area contributed by atoms with Crippen molar-refractivity contribution in [3.8, 4) is 5.75 Å². The highest BCUT2D eigenvalue weighted by Gasteiger charge is 2.40. The van der Waals surface area contributed by atoms with Gasteiger partial charge in [0.2, 0.25) is 5.91 Å². The van der Waals surface area contributed by atoms with Crippen molar-refractivity contribution in [2.45, 2.75) is 33.1 Å². The number of anilines is 1. The van der Waals surface area contributed by atoms with Crippen molar-refractivity contribution in [3.05, 3.63) is 23.2 Å². The van der Waals surface area contributed by atoms with Gasteiger partial charge in [-0.05, 0) is 44.5 Å². The van der Waals surface area contributed by atoms with Crippen LogP contribution in [0, 0.1) is 5.41 Å². The third-order valence-corrected chi connectivity index (χ3v) is 4.18. The normalized spacial score (nSPS) is 21.3. The topological polar surface area (TPSA) is 50.4 Å². The largest absolute Gasteiger partial charge is 0.492 e. The summed E-state index contributed by atoms with van der Waals surface area (Å²) in [7, 11) is 0. The van der Waals surface area contributed by atoms with E-state index in [1.165, 1.54) is 0 Å². The van der Waals surface area contributed by atoms with Crippen LogP contribution in [0.5, 0.6) is 5.75 Å². The van der Waals surface area contributed by atoms with Gasteiger partial charge in [-0.3, -0.25) is 4.79 Å². The van der Waals surface area contributed by atoms with Crippen molar-refractivity contribution in [2.75, 3.05) is 25.0 Å². The molecule has 1 unspecified atom stereocenters. The Kier molecular flexibility index (Phi) is 5.48. The minimum atomic E-state index is -0.319. The van der Waals surface area contributed by atoms with E-state index in [-0.39, 0.29) is 11.3 Å². The second-order valence-corrected chi connectivity index (χ2v) is 5.92. The Morgan fingerprint density at radius 2 is 2.29 bits per heavy atom. The van der Waals surface area contributed by atoms with Gasteiger partial charge in [-0.1, -0.05) is 24.9 Å². The fourth-order valence-corrected chi connectivity index (χ4v) is 3.05. The molecule has 1 fully saturated rings. The molecular formula is C16H23ClN2O2. The van der Waals surface area contributed by atoms with Gasteiger partial charge < -0.3 is 15.4 Å². The van der Waals surface area contributed by atoms with Crippen LogP contribution < -0.4 is 15.4 Å². The lowest BCUT2D eigenvalue weighted by Gasteiger charge is -2.27. The van der Waals surface area contributed by atoms with Crippen LogP contribution in [0.4, 0.5) is 5.69 Å². The van der Waals surface area contributed by atoms with Crippen molar-refractivity contribution in [1.82, 2.24) is 5.32 Å². The summed E-state index contributed by atoms with van der Waals surface area (Å²) in [5.74, 6) is 0.713.